The second kappa shape index (κ2) is 8.73. The number of hydrogen-bond acceptors (Lipinski definition) is 4. The van der Waals surface area contributed by atoms with E-state index in [-0.39, 0.29) is 5.75 Å². The molecule has 1 aromatic heterocycles. The fourth-order valence-corrected chi connectivity index (χ4v) is 3.05. The van der Waals surface area contributed by atoms with Gasteiger partial charge in [-0.2, -0.15) is 0 Å². The predicted molar refractivity (Wildman–Crippen MR) is 96.6 cm³/mol. The third-order valence-electron chi connectivity index (χ3n) is 4.13. The molecule has 0 aliphatic carbocycles. The maximum Gasteiger partial charge on any atom is 0.354 e. The molecular weight excluding hydrogens is 304 g/mol. The van der Waals surface area contributed by atoms with Crippen LogP contribution in [0.15, 0.2) is 18.2 Å². The van der Waals surface area contributed by atoms with Gasteiger partial charge in [0.25, 0.3) is 0 Å². The fraction of sp³-hybridized carbons (Fsp3) is 0.526. The van der Waals surface area contributed by atoms with Crippen molar-refractivity contribution in [2.45, 2.75) is 40.0 Å². The molecule has 5 nitrogen and oxygen atoms in total. The van der Waals surface area contributed by atoms with E-state index in [1.807, 2.05) is 6.07 Å². The first-order valence-electron chi connectivity index (χ1n) is 8.83. The quantitative estimate of drug-likeness (QED) is 0.687. The molecule has 0 amide bonds. The van der Waals surface area contributed by atoms with Gasteiger partial charge in [0.1, 0.15) is 11.4 Å². The highest BCUT2D eigenvalue weighted by molar-refractivity contribution is 5.98. The van der Waals surface area contributed by atoms with Crippen LogP contribution in [0.25, 0.3) is 10.9 Å². The molecule has 0 aliphatic rings. The maximum absolute atomic E-state index is 11.9. The van der Waals surface area contributed by atoms with E-state index in [0.29, 0.717) is 17.8 Å². The van der Waals surface area contributed by atoms with E-state index >= 15 is 0 Å². The van der Waals surface area contributed by atoms with E-state index in [1.54, 1.807) is 19.1 Å². The highest BCUT2D eigenvalue weighted by Gasteiger charge is 2.15. The van der Waals surface area contributed by atoms with Crippen LogP contribution in [-0.2, 0) is 11.2 Å². The van der Waals surface area contributed by atoms with Gasteiger partial charge in [0, 0.05) is 11.9 Å². The average Bonchev–Trinajstić information content (AvgIpc) is 3.01. The van der Waals surface area contributed by atoms with Crippen molar-refractivity contribution in [2.75, 3.05) is 26.2 Å². The normalized spacial score (nSPS) is 11.3. The SMILES string of the molecule is CCCN(CCC)CCc1ccc(O)c2[nH]c(C(=O)OCC)cc12. The number of carbonyl (C=O) groups is 1. The molecule has 0 unspecified atom stereocenters. The van der Waals surface area contributed by atoms with Gasteiger partial charge in [-0.15, -0.1) is 0 Å². The molecule has 0 bridgehead atoms. The van der Waals surface area contributed by atoms with E-state index in [4.69, 9.17) is 4.74 Å². The zero-order valence-electron chi connectivity index (χ0n) is 14.9. The number of phenols is 1. The Hall–Kier alpha value is -2.01. The molecule has 0 saturated heterocycles. The maximum atomic E-state index is 11.9. The molecule has 2 rings (SSSR count). The lowest BCUT2D eigenvalue weighted by molar-refractivity contribution is 0.0520. The van der Waals surface area contributed by atoms with Gasteiger partial charge in [-0.1, -0.05) is 19.9 Å². The number of aromatic hydroxyl groups is 1. The van der Waals surface area contributed by atoms with E-state index in [9.17, 15) is 9.90 Å². The van der Waals surface area contributed by atoms with Gasteiger partial charge >= 0.3 is 5.97 Å². The molecule has 0 aliphatic heterocycles. The predicted octanol–water partition coefficient (Wildman–Crippen LogP) is 3.71. The Labute approximate surface area is 143 Å². The molecule has 2 aromatic rings. The Kier molecular flexibility index (Phi) is 6.67. The third-order valence-corrected chi connectivity index (χ3v) is 4.13. The number of nitrogens with zero attached hydrogens (tertiary/aromatic N) is 1. The van der Waals surface area contributed by atoms with Crippen molar-refractivity contribution in [3.05, 3.63) is 29.5 Å². The number of aromatic nitrogens is 1. The van der Waals surface area contributed by atoms with Gasteiger partial charge in [-0.3, -0.25) is 0 Å². The highest BCUT2D eigenvalue weighted by Crippen LogP contribution is 2.28. The number of carbonyl (C=O) groups excluding carboxylic acids is 1. The lowest BCUT2D eigenvalue weighted by Crippen LogP contribution is -2.27. The van der Waals surface area contributed by atoms with E-state index < -0.39 is 5.97 Å². The van der Waals surface area contributed by atoms with Crippen LogP contribution in [0, 0.1) is 0 Å². The second-order valence-corrected chi connectivity index (χ2v) is 6.03. The topological polar surface area (TPSA) is 65.6 Å². The Morgan fingerprint density at radius 2 is 1.88 bits per heavy atom. The molecule has 0 spiro atoms. The summed E-state index contributed by atoms with van der Waals surface area (Å²) in [5, 5.41) is 11.0. The number of aromatic amines is 1. The van der Waals surface area contributed by atoms with Crippen molar-refractivity contribution >= 4 is 16.9 Å². The molecule has 1 heterocycles. The molecule has 5 heteroatoms. The van der Waals surface area contributed by atoms with Crippen LogP contribution >= 0.6 is 0 Å². The van der Waals surface area contributed by atoms with Crippen LogP contribution in [0.5, 0.6) is 5.75 Å². The molecule has 0 fully saturated rings. The average molecular weight is 332 g/mol. The smallest absolute Gasteiger partial charge is 0.354 e. The zero-order chi connectivity index (χ0) is 17.5. The Bertz CT molecular complexity index is 673. The number of H-pyrrole nitrogens is 1. The lowest BCUT2D eigenvalue weighted by atomic mass is 10.1. The Morgan fingerprint density at radius 3 is 2.50 bits per heavy atom. The molecular formula is C19H28N2O3. The first-order valence-corrected chi connectivity index (χ1v) is 8.83. The van der Waals surface area contributed by atoms with Gasteiger partial charge in [0.05, 0.1) is 12.1 Å². The molecule has 1 aromatic carbocycles. The van der Waals surface area contributed by atoms with Crippen molar-refractivity contribution in [1.29, 1.82) is 0 Å². The monoisotopic (exact) mass is 332 g/mol. The molecule has 2 N–H and O–H groups in total. The Balaban J connectivity index is 2.23. The van der Waals surface area contributed by atoms with Crippen molar-refractivity contribution in [3.8, 4) is 5.75 Å². The van der Waals surface area contributed by atoms with Crippen molar-refractivity contribution < 1.29 is 14.6 Å². The number of hydrogen-bond donors (Lipinski definition) is 2. The summed E-state index contributed by atoms with van der Waals surface area (Å²) in [6.45, 7) is 9.65. The van der Waals surface area contributed by atoms with Crippen molar-refractivity contribution in [3.63, 3.8) is 0 Å². The number of fused-ring (bicyclic) bond motifs is 1. The molecule has 0 radical (unpaired) electrons. The number of rotatable bonds is 9. The number of phenolic OH excluding ortho intramolecular Hbond substituents is 1. The van der Waals surface area contributed by atoms with Crippen molar-refractivity contribution in [2.24, 2.45) is 0 Å². The molecule has 0 saturated carbocycles. The first-order chi connectivity index (χ1) is 11.6. The fourth-order valence-electron chi connectivity index (χ4n) is 3.05. The summed E-state index contributed by atoms with van der Waals surface area (Å²) >= 11 is 0. The molecule has 132 valence electrons. The van der Waals surface area contributed by atoms with Crippen LogP contribution < -0.4 is 0 Å². The number of benzene rings is 1. The number of ether oxygens (including phenoxy) is 1. The third kappa shape index (κ3) is 4.29. The van der Waals surface area contributed by atoms with Crippen LogP contribution in [0.4, 0.5) is 0 Å². The van der Waals surface area contributed by atoms with Crippen LogP contribution in [-0.4, -0.2) is 47.2 Å². The summed E-state index contributed by atoms with van der Waals surface area (Å²) in [7, 11) is 0. The summed E-state index contributed by atoms with van der Waals surface area (Å²) in [6.07, 6.45) is 3.17. The zero-order valence-corrected chi connectivity index (χ0v) is 14.9. The number of nitrogens with one attached hydrogen (secondary N) is 1. The van der Waals surface area contributed by atoms with Crippen LogP contribution in [0.1, 0.15) is 49.7 Å². The van der Waals surface area contributed by atoms with Crippen LogP contribution in [0.2, 0.25) is 0 Å². The molecule has 0 atom stereocenters. The van der Waals surface area contributed by atoms with Gasteiger partial charge in [0.2, 0.25) is 0 Å². The highest BCUT2D eigenvalue weighted by atomic mass is 16.5. The van der Waals surface area contributed by atoms with Gasteiger partial charge in [0.15, 0.2) is 0 Å². The summed E-state index contributed by atoms with van der Waals surface area (Å²) in [4.78, 5) is 17.4. The number of esters is 1. The summed E-state index contributed by atoms with van der Waals surface area (Å²) in [5.41, 5.74) is 2.12. The van der Waals surface area contributed by atoms with E-state index in [0.717, 1.165) is 49.8 Å². The molecule has 24 heavy (non-hydrogen) atoms. The first kappa shape index (κ1) is 18.3. The van der Waals surface area contributed by atoms with Crippen molar-refractivity contribution in [1.82, 2.24) is 9.88 Å². The van der Waals surface area contributed by atoms with Gasteiger partial charge < -0.3 is 19.7 Å². The van der Waals surface area contributed by atoms with E-state index in [2.05, 4.69) is 23.7 Å². The van der Waals surface area contributed by atoms with Crippen LogP contribution in [0.3, 0.4) is 0 Å². The minimum Gasteiger partial charge on any atom is -0.506 e. The summed E-state index contributed by atoms with van der Waals surface area (Å²) in [5.74, 6) is -0.235. The minimum atomic E-state index is -0.391. The second-order valence-electron chi connectivity index (χ2n) is 6.03. The standard InChI is InChI=1S/C19H28N2O3/c1-4-10-21(11-5-2)12-9-14-7-8-17(22)18-15(14)13-16(20-18)19(23)24-6-3/h7-8,13,20,22H,4-6,9-12H2,1-3H3. The summed E-state index contributed by atoms with van der Waals surface area (Å²) < 4.78 is 5.04. The lowest BCUT2D eigenvalue weighted by Gasteiger charge is -2.21. The van der Waals surface area contributed by atoms with Gasteiger partial charge in [-0.05, 0) is 57.0 Å². The summed E-state index contributed by atoms with van der Waals surface area (Å²) in [6, 6.07) is 5.41. The van der Waals surface area contributed by atoms with Gasteiger partial charge in [-0.25, -0.2) is 4.79 Å². The Morgan fingerprint density at radius 1 is 1.17 bits per heavy atom. The minimum absolute atomic E-state index is 0.156. The van der Waals surface area contributed by atoms with E-state index in [1.165, 1.54) is 0 Å². The largest absolute Gasteiger partial charge is 0.506 e.